The van der Waals surface area contributed by atoms with Crippen LogP contribution in [0, 0.1) is 10.8 Å². The number of rotatable bonds is 5. The molecule has 0 bridgehead atoms. The molecule has 0 N–H and O–H groups in total. The van der Waals surface area contributed by atoms with E-state index in [4.69, 9.17) is 4.74 Å². The number of nitrogens with zero attached hydrogens (tertiary/aromatic N) is 4. The van der Waals surface area contributed by atoms with Crippen LogP contribution < -0.4 is 0 Å². The highest BCUT2D eigenvalue weighted by Gasteiger charge is 2.64. The van der Waals surface area contributed by atoms with E-state index in [2.05, 4.69) is 4.90 Å². The van der Waals surface area contributed by atoms with Crippen molar-refractivity contribution in [3.05, 3.63) is 0 Å². The SMILES string of the molecule is COCCN1CC2(CCN(S(=O)(=O)N(C)C)CC2)[C@@]2(CCN(C)C2=O)C1. The number of hydrogen-bond acceptors (Lipinski definition) is 5. The number of amides is 1. The number of carbonyl (C=O) groups is 1. The third kappa shape index (κ3) is 2.97. The second kappa shape index (κ2) is 7.01. The van der Waals surface area contributed by atoms with Gasteiger partial charge in [-0.1, -0.05) is 0 Å². The molecule has 0 aliphatic carbocycles. The normalized spacial score (nSPS) is 30.3. The lowest BCUT2D eigenvalue weighted by atomic mass is 9.60. The fraction of sp³-hybridized carbons (Fsp3) is 0.941. The zero-order valence-electron chi connectivity index (χ0n) is 16.4. The molecule has 1 amide bonds. The standard InChI is InChI=1S/C17H32N4O4S/c1-18(2)26(23,24)21-9-5-16(6-10-21)13-20(11-12-25-4)14-17(16)7-8-19(3)15(17)22/h5-14H2,1-4H3/t17-/m0/s1. The van der Waals surface area contributed by atoms with Gasteiger partial charge in [0.25, 0.3) is 10.2 Å². The number of hydrogen-bond donors (Lipinski definition) is 0. The van der Waals surface area contributed by atoms with Crippen LogP contribution in [-0.4, -0.2) is 107 Å². The monoisotopic (exact) mass is 388 g/mol. The molecule has 150 valence electrons. The highest BCUT2D eigenvalue weighted by molar-refractivity contribution is 7.86. The fourth-order valence-corrected chi connectivity index (χ4v) is 6.25. The Kier molecular flexibility index (Phi) is 5.40. The highest BCUT2D eigenvalue weighted by Crippen LogP contribution is 2.57. The summed E-state index contributed by atoms with van der Waals surface area (Å²) in [6.45, 7) is 4.84. The number of carbonyl (C=O) groups excluding carboxylic acids is 1. The zero-order valence-corrected chi connectivity index (χ0v) is 17.2. The summed E-state index contributed by atoms with van der Waals surface area (Å²) in [6.07, 6.45) is 2.35. The van der Waals surface area contributed by atoms with Gasteiger partial charge in [0.2, 0.25) is 5.91 Å². The molecule has 0 aromatic carbocycles. The summed E-state index contributed by atoms with van der Waals surface area (Å²) in [6, 6.07) is 0. The van der Waals surface area contributed by atoms with Crippen LogP contribution in [0.15, 0.2) is 0 Å². The van der Waals surface area contributed by atoms with Gasteiger partial charge in [-0.15, -0.1) is 0 Å². The van der Waals surface area contributed by atoms with Gasteiger partial charge in [-0.2, -0.15) is 17.0 Å². The van der Waals surface area contributed by atoms with Gasteiger partial charge in [0.15, 0.2) is 0 Å². The van der Waals surface area contributed by atoms with Crippen LogP contribution in [0.4, 0.5) is 0 Å². The van der Waals surface area contributed by atoms with Crippen LogP contribution in [-0.2, 0) is 19.7 Å². The van der Waals surface area contributed by atoms with Crippen LogP contribution in [0.2, 0.25) is 0 Å². The molecule has 0 radical (unpaired) electrons. The number of likely N-dealkylation sites (tertiary alicyclic amines) is 2. The minimum Gasteiger partial charge on any atom is -0.383 e. The Hall–Kier alpha value is -0.740. The predicted octanol–water partition coefficient (Wildman–Crippen LogP) is -0.314. The van der Waals surface area contributed by atoms with Gasteiger partial charge in [-0.25, -0.2) is 0 Å². The molecular formula is C17H32N4O4S. The summed E-state index contributed by atoms with van der Waals surface area (Å²) < 4.78 is 33.0. The lowest BCUT2D eigenvalue weighted by Gasteiger charge is -2.46. The molecule has 0 aromatic heterocycles. The van der Waals surface area contributed by atoms with E-state index in [9.17, 15) is 13.2 Å². The van der Waals surface area contributed by atoms with Crippen molar-refractivity contribution in [2.24, 2.45) is 10.8 Å². The molecule has 8 nitrogen and oxygen atoms in total. The first kappa shape index (κ1) is 20.0. The van der Waals surface area contributed by atoms with Crippen LogP contribution >= 0.6 is 0 Å². The summed E-state index contributed by atoms with van der Waals surface area (Å²) in [4.78, 5) is 17.3. The third-order valence-corrected chi connectivity index (χ3v) is 8.68. The van der Waals surface area contributed by atoms with Gasteiger partial charge in [0, 0.05) is 72.9 Å². The van der Waals surface area contributed by atoms with Crippen molar-refractivity contribution < 1.29 is 17.9 Å². The molecular weight excluding hydrogens is 356 g/mol. The molecule has 0 aromatic rings. The second-order valence-corrected chi connectivity index (χ2v) is 10.4. The molecule has 3 aliphatic heterocycles. The van der Waals surface area contributed by atoms with E-state index in [1.165, 1.54) is 4.31 Å². The Morgan fingerprint density at radius 3 is 2.27 bits per heavy atom. The molecule has 2 spiro atoms. The Balaban J connectivity index is 1.84. The molecule has 1 atom stereocenters. The molecule has 3 saturated heterocycles. The van der Waals surface area contributed by atoms with E-state index in [0.29, 0.717) is 19.7 Å². The molecule has 26 heavy (non-hydrogen) atoms. The number of ether oxygens (including phenoxy) is 1. The molecule has 3 rings (SSSR count). The smallest absolute Gasteiger partial charge is 0.281 e. The minimum atomic E-state index is -3.40. The summed E-state index contributed by atoms with van der Waals surface area (Å²) in [7, 11) is 3.32. The van der Waals surface area contributed by atoms with E-state index >= 15 is 0 Å². The Morgan fingerprint density at radius 1 is 1.12 bits per heavy atom. The molecule has 3 heterocycles. The highest BCUT2D eigenvalue weighted by atomic mass is 32.2. The maximum atomic E-state index is 13.1. The number of piperidine rings is 1. The van der Waals surface area contributed by atoms with Crippen molar-refractivity contribution in [1.82, 2.24) is 18.4 Å². The quantitative estimate of drug-likeness (QED) is 0.646. The number of methoxy groups -OCH3 is 1. The Morgan fingerprint density at radius 2 is 1.77 bits per heavy atom. The second-order valence-electron chi connectivity index (χ2n) is 8.23. The summed E-state index contributed by atoms with van der Waals surface area (Å²) >= 11 is 0. The van der Waals surface area contributed by atoms with Gasteiger partial charge < -0.3 is 9.64 Å². The van der Waals surface area contributed by atoms with Crippen molar-refractivity contribution in [3.63, 3.8) is 0 Å². The first-order chi connectivity index (χ1) is 12.2. The molecule has 3 fully saturated rings. The van der Waals surface area contributed by atoms with Gasteiger partial charge >= 0.3 is 0 Å². The van der Waals surface area contributed by atoms with E-state index in [1.54, 1.807) is 25.5 Å². The summed E-state index contributed by atoms with van der Waals surface area (Å²) in [5.74, 6) is 0.237. The summed E-state index contributed by atoms with van der Waals surface area (Å²) in [5.41, 5.74) is -0.510. The average molecular weight is 389 g/mol. The zero-order chi connectivity index (χ0) is 19.2. The van der Waals surface area contributed by atoms with Crippen molar-refractivity contribution in [2.75, 3.05) is 74.1 Å². The topological polar surface area (TPSA) is 73.4 Å². The summed E-state index contributed by atoms with van der Waals surface area (Å²) in [5, 5.41) is 0. The molecule has 3 aliphatic rings. The first-order valence-corrected chi connectivity index (χ1v) is 10.7. The largest absolute Gasteiger partial charge is 0.383 e. The van der Waals surface area contributed by atoms with E-state index < -0.39 is 10.2 Å². The third-order valence-electron chi connectivity index (χ3n) is 6.74. The van der Waals surface area contributed by atoms with Crippen molar-refractivity contribution >= 4 is 16.1 Å². The maximum absolute atomic E-state index is 13.1. The van der Waals surface area contributed by atoms with Gasteiger partial charge in [0.1, 0.15) is 0 Å². The predicted molar refractivity (Wildman–Crippen MR) is 98.8 cm³/mol. The van der Waals surface area contributed by atoms with Crippen molar-refractivity contribution in [3.8, 4) is 0 Å². The first-order valence-electron chi connectivity index (χ1n) is 9.33. The Labute approximate surface area is 157 Å². The average Bonchev–Trinajstić information content (AvgIpc) is 3.06. The lowest BCUT2D eigenvalue weighted by molar-refractivity contribution is -0.140. The van der Waals surface area contributed by atoms with Gasteiger partial charge in [-0.3, -0.25) is 9.69 Å². The number of fused-ring (bicyclic) bond motifs is 1. The van der Waals surface area contributed by atoms with Crippen LogP contribution in [0.1, 0.15) is 19.3 Å². The van der Waals surface area contributed by atoms with Crippen molar-refractivity contribution in [1.29, 1.82) is 0 Å². The van der Waals surface area contributed by atoms with Gasteiger partial charge in [-0.05, 0) is 19.3 Å². The van der Waals surface area contributed by atoms with Crippen LogP contribution in [0.3, 0.4) is 0 Å². The van der Waals surface area contributed by atoms with Gasteiger partial charge in [0.05, 0.1) is 12.0 Å². The van der Waals surface area contributed by atoms with Crippen molar-refractivity contribution in [2.45, 2.75) is 19.3 Å². The van der Waals surface area contributed by atoms with Crippen LogP contribution in [0.5, 0.6) is 0 Å². The molecule has 0 saturated carbocycles. The molecule has 9 heteroatoms. The van der Waals surface area contributed by atoms with E-state index in [-0.39, 0.29) is 16.7 Å². The maximum Gasteiger partial charge on any atom is 0.281 e. The van der Waals surface area contributed by atoms with E-state index in [0.717, 1.165) is 45.4 Å². The van der Waals surface area contributed by atoms with Crippen LogP contribution in [0.25, 0.3) is 0 Å². The Bertz CT molecular complexity index is 645. The minimum absolute atomic E-state index is 0.138. The lowest BCUT2D eigenvalue weighted by Crippen LogP contribution is -2.54. The fourth-order valence-electron chi connectivity index (χ4n) is 5.15. The molecule has 0 unspecified atom stereocenters. The van der Waals surface area contributed by atoms with E-state index in [1.807, 2.05) is 11.9 Å².